The van der Waals surface area contributed by atoms with Crippen LogP contribution in [0.4, 0.5) is 0 Å². The van der Waals surface area contributed by atoms with Crippen LogP contribution in [0.15, 0.2) is 0 Å². The van der Waals surface area contributed by atoms with Crippen LogP contribution in [0.2, 0.25) is 0 Å². The first-order chi connectivity index (χ1) is 9.91. The molecule has 0 atom stereocenters. The number of hydrogen-bond donors (Lipinski definition) is 0. The molecule has 130 valence electrons. The molecular weight excluding hydrogens is 342 g/mol. The zero-order valence-corrected chi connectivity index (χ0v) is 20.2. The van der Waals surface area contributed by atoms with Crippen molar-refractivity contribution in [2.45, 2.75) is 78.1 Å². The molecule has 0 rings (SSSR count). The Bertz CT molecular complexity index is 267. The van der Waals surface area contributed by atoms with Gasteiger partial charge in [-0.2, -0.15) is 0 Å². The van der Waals surface area contributed by atoms with E-state index >= 15 is 0 Å². The van der Waals surface area contributed by atoms with Gasteiger partial charge in [0, 0.05) is 10.4 Å². The molecule has 0 radical (unpaired) electrons. The molecule has 0 aromatic carbocycles. The Balaban J connectivity index is -0.000000225. The normalized spacial score (nSPS) is 10.1. The summed E-state index contributed by atoms with van der Waals surface area (Å²) < 4.78 is 34.1. The molecule has 6 nitrogen and oxygen atoms in total. The van der Waals surface area contributed by atoms with Gasteiger partial charge in [-0.3, -0.25) is 8.42 Å². The van der Waals surface area contributed by atoms with E-state index in [1.54, 1.807) is 0 Å². The molecule has 0 aliphatic heterocycles. The fourth-order valence-electron chi connectivity index (χ4n) is 1.79. The van der Waals surface area contributed by atoms with Crippen molar-refractivity contribution < 1.29 is 86.4 Å². The van der Waals surface area contributed by atoms with Crippen molar-refractivity contribution in [2.24, 2.45) is 0 Å². The third-order valence-corrected chi connectivity index (χ3v) is 2.78. The molecule has 9 heteroatoms. The van der Waals surface area contributed by atoms with Crippen molar-refractivity contribution in [1.29, 1.82) is 0 Å². The quantitative estimate of drug-likeness (QED) is 0.0889. The first-order valence-corrected chi connectivity index (χ1v) is 9.16. The van der Waals surface area contributed by atoms with Crippen LogP contribution in [0.1, 0.15) is 78.1 Å². The van der Waals surface area contributed by atoms with Crippen LogP contribution in [0.3, 0.4) is 0 Å². The van der Waals surface area contributed by atoms with Crippen LogP contribution < -0.4 is 59.1 Å². The van der Waals surface area contributed by atoms with E-state index in [2.05, 4.69) is 6.92 Å². The van der Waals surface area contributed by atoms with Gasteiger partial charge in [-0.1, -0.05) is 64.7 Å². The summed E-state index contributed by atoms with van der Waals surface area (Å²) in [5, 5.41) is 0. The summed E-state index contributed by atoms with van der Waals surface area (Å²) in [7, 11) is -5.17. The Kier molecular flexibility index (Phi) is 36.7. The summed E-state index contributed by atoms with van der Waals surface area (Å²) in [5.41, 5.74) is 0. The second-order valence-corrected chi connectivity index (χ2v) is 5.64. The maximum absolute atomic E-state index is 8.52. The SMILES string of the molecule is CCCCCCCCCCCCOOCC.O=S(=O)([O-])[O-].[Na+].[Na+]. The van der Waals surface area contributed by atoms with Crippen LogP contribution in [-0.4, -0.2) is 30.7 Å². The molecule has 0 amide bonds. The van der Waals surface area contributed by atoms with E-state index in [-0.39, 0.29) is 59.1 Å². The molecule has 0 heterocycles. The monoisotopic (exact) mass is 372 g/mol. The Morgan fingerprint density at radius 2 is 1.04 bits per heavy atom. The molecule has 0 fully saturated rings. The average Bonchev–Trinajstić information content (AvgIpc) is 2.38. The van der Waals surface area contributed by atoms with Crippen molar-refractivity contribution in [3.05, 3.63) is 0 Å². The van der Waals surface area contributed by atoms with Gasteiger partial charge in [-0.05, 0) is 13.3 Å². The predicted octanol–water partition coefficient (Wildman–Crippen LogP) is -2.45. The van der Waals surface area contributed by atoms with Gasteiger partial charge in [-0.15, -0.1) is 0 Å². The standard InChI is InChI=1S/C14H30O2.2Na.H2O4S/c1-3-5-6-7-8-9-10-11-12-13-14-16-15-4-2;;;1-5(2,3)4/h3-14H2,1-2H3;;;(H2,1,2,3,4)/q;2*+1;/p-2. The number of unbranched alkanes of at least 4 members (excludes halogenated alkanes) is 9. The third-order valence-electron chi connectivity index (χ3n) is 2.78. The second-order valence-electron chi connectivity index (χ2n) is 4.82. The minimum atomic E-state index is -5.17. The Morgan fingerprint density at radius 1 is 0.696 bits per heavy atom. The fourth-order valence-corrected chi connectivity index (χ4v) is 1.79. The summed E-state index contributed by atoms with van der Waals surface area (Å²) in [5.74, 6) is 0. The van der Waals surface area contributed by atoms with E-state index in [9.17, 15) is 0 Å². The first-order valence-electron chi connectivity index (χ1n) is 7.82. The molecule has 0 aliphatic rings. The first kappa shape index (κ1) is 32.5. The van der Waals surface area contributed by atoms with Crippen molar-refractivity contribution in [3.8, 4) is 0 Å². The molecule has 0 aromatic rings. The van der Waals surface area contributed by atoms with Gasteiger partial charge in [-0.25, -0.2) is 9.78 Å². The van der Waals surface area contributed by atoms with Crippen molar-refractivity contribution in [3.63, 3.8) is 0 Å². The van der Waals surface area contributed by atoms with Crippen LogP contribution in [0.25, 0.3) is 0 Å². The smallest absolute Gasteiger partial charge is 0.759 e. The molecular formula is C14H30Na2O6S. The molecule has 0 aromatic heterocycles. The third kappa shape index (κ3) is 51.6. The van der Waals surface area contributed by atoms with Gasteiger partial charge in [0.25, 0.3) is 0 Å². The largest absolute Gasteiger partial charge is 1.00 e. The van der Waals surface area contributed by atoms with Gasteiger partial charge < -0.3 is 9.11 Å². The molecule has 0 unspecified atom stereocenters. The zero-order valence-electron chi connectivity index (χ0n) is 15.3. The van der Waals surface area contributed by atoms with Gasteiger partial charge in [0.2, 0.25) is 0 Å². The molecule has 0 N–H and O–H groups in total. The van der Waals surface area contributed by atoms with E-state index in [4.69, 9.17) is 27.3 Å². The van der Waals surface area contributed by atoms with Gasteiger partial charge in [0.15, 0.2) is 0 Å². The molecule has 0 spiro atoms. The molecule has 0 saturated carbocycles. The molecule has 0 saturated heterocycles. The molecule has 23 heavy (non-hydrogen) atoms. The number of hydrogen-bond acceptors (Lipinski definition) is 6. The second kappa shape index (κ2) is 26.0. The number of rotatable bonds is 13. The fraction of sp³-hybridized carbons (Fsp3) is 1.00. The zero-order chi connectivity index (χ0) is 16.4. The van der Waals surface area contributed by atoms with Crippen LogP contribution in [0, 0.1) is 0 Å². The van der Waals surface area contributed by atoms with Crippen LogP contribution >= 0.6 is 0 Å². The van der Waals surface area contributed by atoms with Crippen LogP contribution in [-0.2, 0) is 20.2 Å². The topological polar surface area (TPSA) is 98.7 Å². The maximum Gasteiger partial charge on any atom is 1.00 e. The van der Waals surface area contributed by atoms with E-state index < -0.39 is 10.4 Å². The summed E-state index contributed by atoms with van der Waals surface area (Å²) in [6.07, 6.45) is 13.6. The Morgan fingerprint density at radius 3 is 1.39 bits per heavy atom. The minimum absolute atomic E-state index is 0. The molecule has 0 aliphatic carbocycles. The van der Waals surface area contributed by atoms with E-state index in [0.29, 0.717) is 6.61 Å². The van der Waals surface area contributed by atoms with Crippen molar-refractivity contribution in [1.82, 2.24) is 0 Å². The predicted molar refractivity (Wildman–Crippen MR) is 79.9 cm³/mol. The van der Waals surface area contributed by atoms with E-state index in [0.717, 1.165) is 13.0 Å². The summed E-state index contributed by atoms with van der Waals surface area (Å²) in [6.45, 7) is 5.62. The summed E-state index contributed by atoms with van der Waals surface area (Å²) in [6, 6.07) is 0. The van der Waals surface area contributed by atoms with Crippen molar-refractivity contribution in [2.75, 3.05) is 13.2 Å². The van der Waals surface area contributed by atoms with Gasteiger partial charge >= 0.3 is 59.1 Å². The van der Waals surface area contributed by atoms with Gasteiger partial charge in [0.05, 0.1) is 13.2 Å². The Hall–Kier alpha value is 1.79. The van der Waals surface area contributed by atoms with Crippen molar-refractivity contribution >= 4 is 10.4 Å². The van der Waals surface area contributed by atoms with Gasteiger partial charge in [0.1, 0.15) is 0 Å². The summed E-state index contributed by atoms with van der Waals surface area (Å²) in [4.78, 5) is 9.77. The average molecular weight is 372 g/mol. The molecule has 0 bridgehead atoms. The van der Waals surface area contributed by atoms with E-state index in [1.807, 2.05) is 6.92 Å². The Labute approximate surface area is 186 Å². The summed E-state index contributed by atoms with van der Waals surface area (Å²) >= 11 is 0. The maximum atomic E-state index is 8.52. The van der Waals surface area contributed by atoms with E-state index in [1.165, 1.54) is 57.8 Å². The van der Waals surface area contributed by atoms with Crippen LogP contribution in [0.5, 0.6) is 0 Å². The minimum Gasteiger partial charge on any atom is -0.759 e.